The molecule has 4 aromatic carbocycles. The number of carbonyl (C=O) groups excluding carboxylic acids is 4. The van der Waals surface area contributed by atoms with Crippen LogP contribution in [0.2, 0.25) is 0 Å². The van der Waals surface area contributed by atoms with Crippen LogP contribution in [0.1, 0.15) is 55.3 Å². The van der Waals surface area contributed by atoms with E-state index >= 15 is 0 Å². The molecule has 0 aromatic heterocycles. The Morgan fingerprint density at radius 1 is 0.529 bits per heavy atom. The van der Waals surface area contributed by atoms with E-state index in [1.54, 1.807) is 111 Å². The molecular weight excluding hydrogens is 679 g/mol. The average Bonchev–Trinajstić information content (AvgIpc) is 3.17. The summed E-state index contributed by atoms with van der Waals surface area (Å²) < 4.78 is 47.5. The Balaban J connectivity index is 1.57. The summed E-state index contributed by atoms with van der Waals surface area (Å²) in [6.45, 7) is 3.40. The van der Waals surface area contributed by atoms with Crippen LogP contribution in [-0.4, -0.2) is 74.4 Å². The van der Waals surface area contributed by atoms with Crippen molar-refractivity contribution in [2.45, 2.75) is 44.6 Å². The van der Waals surface area contributed by atoms with Crippen LogP contribution in [0.15, 0.2) is 121 Å². The molecule has 0 radical (unpaired) electrons. The van der Waals surface area contributed by atoms with Crippen molar-refractivity contribution >= 4 is 32.5 Å². The predicted octanol–water partition coefficient (Wildman–Crippen LogP) is 6.56. The van der Waals surface area contributed by atoms with Gasteiger partial charge in [-0.1, -0.05) is 72.8 Å². The van der Waals surface area contributed by atoms with Crippen LogP contribution in [0.3, 0.4) is 0 Å². The molecule has 266 valence electrons. The van der Waals surface area contributed by atoms with Crippen LogP contribution < -0.4 is 0 Å². The second kappa shape index (κ2) is 18.9. The van der Waals surface area contributed by atoms with E-state index in [1.165, 1.54) is 24.3 Å². The van der Waals surface area contributed by atoms with Crippen molar-refractivity contribution < 1.29 is 56.4 Å². The molecule has 0 spiro atoms. The van der Waals surface area contributed by atoms with Gasteiger partial charge in [0.05, 0.1) is 35.5 Å². The van der Waals surface area contributed by atoms with Gasteiger partial charge in [-0.15, -0.1) is 0 Å². The van der Waals surface area contributed by atoms with Crippen molar-refractivity contribution in [2.24, 2.45) is 0 Å². The lowest BCUT2D eigenvalue weighted by Gasteiger charge is -2.44. The Morgan fingerprint density at radius 2 is 0.902 bits per heavy atom. The Labute approximate surface area is 296 Å². The smallest absolute Gasteiger partial charge is 0.338 e. The van der Waals surface area contributed by atoms with Crippen molar-refractivity contribution in [2.75, 3.05) is 19.8 Å². The van der Waals surface area contributed by atoms with E-state index < -0.39 is 69.8 Å². The van der Waals surface area contributed by atoms with Gasteiger partial charge in [-0.2, -0.15) is 0 Å². The third-order valence-corrected chi connectivity index (χ3v) is 8.71. The molecule has 1 aliphatic heterocycles. The Bertz CT molecular complexity index is 1700. The summed E-state index contributed by atoms with van der Waals surface area (Å²) in [5, 5.41) is 0. The first kappa shape index (κ1) is 37.3. The zero-order valence-electron chi connectivity index (χ0n) is 27.9. The summed E-state index contributed by atoms with van der Waals surface area (Å²) in [6.07, 6.45) is -7.44. The fraction of sp³-hybridized carbons (Fsp3) is 0.263. The van der Waals surface area contributed by atoms with Gasteiger partial charge in [0.15, 0.2) is 18.3 Å². The van der Waals surface area contributed by atoms with Gasteiger partial charge in [-0.05, 0) is 62.4 Å². The normalized spacial score (nSPS) is 19.9. The molecule has 12 nitrogen and oxygen atoms in total. The van der Waals surface area contributed by atoms with Gasteiger partial charge in [0.1, 0.15) is 12.7 Å². The van der Waals surface area contributed by atoms with E-state index in [0.717, 1.165) is 0 Å². The lowest BCUT2D eigenvalue weighted by atomic mass is 9.97. The van der Waals surface area contributed by atoms with Crippen molar-refractivity contribution in [3.8, 4) is 0 Å². The number of hydrogen-bond donors (Lipinski definition) is 0. The largest absolute Gasteiger partial charge is 0.459 e. The number of benzene rings is 4. The predicted molar refractivity (Wildman–Crippen MR) is 184 cm³/mol. The lowest BCUT2D eigenvalue weighted by Crippen LogP contribution is -2.63. The third-order valence-electron chi connectivity index (χ3n) is 7.40. The Hall–Kier alpha value is -4.97. The van der Waals surface area contributed by atoms with Gasteiger partial charge in [0, 0.05) is 0 Å². The highest BCUT2D eigenvalue weighted by Crippen LogP contribution is 2.44. The quantitative estimate of drug-likeness (QED) is 0.0747. The van der Waals surface area contributed by atoms with E-state index in [1.807, 2.05) is 0 Å². The van der Waals surface area contributed by atoms with Crippen LogP contribution in [-0.2, 0) is 37.3 Å². The number of ether oxygens (including phenoxy) is 5. The molecule has 5 atom stereocenters. The minimum absolute atomic E-state index is 0.167. The molecule has 0 N–H and O–H groups in total. The fourth-order valence-electron chi connectivity index (χ4n) is 5.01. The highest BCUT2D eigenvalue weighted by Gasteiger charge is 2.54. The molecular formula is C38H37O12P. The molecule has 0 amide bonds. The Morgan fingerprint density at radius 3 is 1.31 bits per heavy atom. The SMILES string of the molecule is CCOP(OCC)OC1O[C@H](COC(=O)c2ccccc2)[C@H](OC(=O)c2ccccc2)[C@H](OC(=O)c2ccccc2)[C@H]1OC(=O)c1ccccc1. The minimum atomic E-state index is -2.09. The van der Waals surface area contributed by atoms with Gasteiger partial charge in [-0.3, -0.25) is 4.52 Å². The van der Waals surface area contributed by atoms with Gasteiger partial charge in [0.25, 0.3) is 0 Å². The summed E-state index contributed by atoms with van der Waals surface area (Å²) in [6, 6.07) is 32.6. The molecule has 1 unspecified atom stereocenters. The van der Waals surface area contributed by atoms with E-state index in [9.17, 15) is 19.2 Å². The molecule has 0 aliphatic carbocycles. The maximum atomic E-state index is 13.7. The highest BCUT2D eigenvalue weighted by atomic mass is 31.2. The molecule has 0 bridgehead atoms. The minimum Gasteiger partial charge on any atom is -0.459 e. The number of carbonyl (C=O) groups is 4. The van der Waals surface area contributed by atoms with Crippen LogP contribution in [0, 0.1) is 0 Å². The monoisotopic (exact) mass is 716 g/mol. The maximum Gasteiger partial charge on any atom is 0.338 e. The van der Waals surface area contributed by atoms with E-state index in [2.05, 4.69) is 0 Å². The Kier molecular flexibility index (Phi) is 13.8. The van der Waals surface area contributed by atoms with Crippen LogP contribution in [0.5, 0.6) is 0 Å². The van der Waals surface area contributed by atoms with Crippen LogP contribution in [0.25, 0.3) is 0 Å². The number of esters is 4. The van der Waals surface area contributed by atoms with Gasteiger partial charge >= 0.3 is 32.5 Å². The summed E-state index contributed by atoms with van der Waals surface area (Å²) >= 11 is 0. The zero-order valence-corrected chi connectivity index (χ0v) is 28.8. The highest BCUT2D eigenvalue weighted by molar-refractivity contribution is 7.41. The second-order valence-corrected chi connectivity index (χ2v) is 12.1. The molecule has 5 rings (SSSR count). The standard InChI is InChI=1S/C38H37O12P/c1-3-44-51(45-4-2)50-38-33(49-37(42)29-23-15-8-16-24-29)32(48-36(41)28-21-13-7-14-22-28)31(47-35(40)27-19-11-6-12-20-27)30(46-38)25-43-34(39)26-17-9-5-10-18-26/h5-24,30-33,38H,3-4,25H2,1-2H3/t30-,31+,32+,33-,38?/m1/s1. The number of hydrogen-bond acceptors (Lipinski definition) is 12. The molecule has 51 heavy (non-hydrogen) atoms. The maximum absolute atomic E-state index is 13.7. The van der Waals surface area contributed by atoms with Crippen molar-refractivity contribution in [3.05, 3.63) is 144 Å². The second-order valence-electron chi connectivity index (χ2n) is 10.9. The van der Waals surface area contributed by atoms with E-state index in [4.69, 9.17) is 37.3 Å². The van der Waals surface area contributed by atoms with Crippen LogP contribution >= 0.6 is 8.60 Å². The zero-order chi connectivity index (χ0) is 36.0. The molecule has 1 aliphatic rings. The van der Waals surface area contributed by atoms with E-state index in [-0.39, 0.29) is 35.5 Å². The van der Waals surface area contributed by atoms with E-state index in [0.29, 0.717) is 0 Å². The molecule has 1 saturated heterocycles. The first-order valence-electron chi connectivity index (χ1n) is 16.3. The first-order chi connectivity index (χ1) is 24.9. The molecule has 13 heteroatoms. The van der Waals surface area contributed by atoms with Crippen molar-refractivity contribution in [1.29, 1.82) is 0 Å². The summed E-state index contributed by atoms with van der Waals surface area (Å²) in [4.78, 5) is 54.0. The molecule has 0 saturated carbocycles. The average molecular weight is 717 g/mol. The molecule has 4 aromatic rings. The number of rotatable bonds is 15. The summed E-state index contributed by atoms with van der Waals surface area (Å²) in [5.41, 5.74) is 0.786. The van der Waals surface area contributed by atoms with Gasteiger partial charge in [0.2, 0.25) is 6.29 Å². The summed E-state index contributed by atoms with van der Waals surface area (Å²) in [7, 11) is -2.09. The van der Waals surface area contributed by atoms with Crippen LogP contribution in [0.4, 0.5) is 0 Å². The summed E-state index contributed by atoms with van der Waals surface area (Å²) in [5.74, 6) is -3.12. The van der Waals surface area contributed by atoms with Crippen molar-refractivity contribution in [3.63, 3.8) is 0 Å². The molecule has 1 heterocycles. The van der Waals surface area contributed by atoms with Crippen molar-refractivity contribution in [1.82, 2.24) is 0 Å². The lowest BCUT2D eigenvalue weighted by molar-refractivity contribution is -0.277. The third kappa shape index (κ3) is 10.3. The van der Waals surface area contributed by atoms with Gasteiger partial charge in [-0.25, -0.2) is 19.2 Å². The fourth-order valence-corrected chi connectivity index (χ4v) is 5.96. The first-order valence-corrected chi connectivity index (χ1v) is 17.4. The molecule has 1 fully saturated rings. The topological polar surface area (TPSA) is 142 Å². The van der Waals surface area contributed by atoms with Gasteiger partial charge < -0.3 is 32.7 Å².